The molecule has 40 heavy (non-hydrogen) atoms. The molecule has 3 N–H and O–H groups in total. The van der Waals surface area contributed by atoms with Crippen LogP contribution in [0.5, 0.6) is 0 Å². The molecule has 7 nitrogen and oxygen atoms in total. The first-order valence-electron chi connectivity index (χ1n) is 13.6. The molecule has 3 aromatic rings. The summed E-state index contributed by atoms with van der Waals surface area (Å²) in [6, 6.07) is 24.1. The predicted molar refractivity (Wildman–Crippen MR) is 155 cm³/mol. The van der Waals surface area contributed by atoms with Gasteiger partial charge in [0.1, 0.15) is 0 Å². The van der Waals surface area contributed by atoms with Crippen LogP contribution in [0.15, 0.2) is 95.9 Å². The van der Waals surface area contributed by atoms with E-state index in [2.05, 4.69) is 16.9 Å². The van der Waals surface area contributed by atoms with E-state index in [9.17, 15) is 18.3 Å². The molecule has 4 atom stereocenters. The minimum Gasteiger partial charge on any atom is -0.481 e. The number of aliphatic carboxylic acids is 1. The number of nitrogens with one attached hydrogen (secondary N) is 1. The van der Waals surface area contributed by atoms with Crippen LogP contribution in [0.25, 0.3) is 11.1 Å². The van der Waals surface area contributed by atoms with E-state index in [0.717, 1.165) is 22.3 Å². The number of carboxylic acids is 1. The zero-order valence-electron chi connectivity index (χ0n) is 22.6. The van der Waals surface area contributed by atoms with Crippen molar-refractivity contribution in [2.45, 2.75) is 68.8 Å². The van der Waals surface area contributed by atoms with Crippen LogP contribution in [0, 0.1) is 12.8 Å². The first kappa shape index (κ1) is 29.7. The van der Waals surface area contributed by atoms with Gasteiger partial charge in [-0.1, -0.05) is 84.4 Å². The molecule has 1 saturated carbocycles. The molecule has 0 saturated heterocycles. The lowest BCUT2D eigenvalue weighted by Gasteiger charge is -2.25. The summed E-state index contributed by atoms with van der Waals surface area (Å²) in [5.74, 6) is -1.13. The number of aliphatic hydroxyl groups is 1. The minimum absolute atomic E-state index is 0.0975. The van der Waals surface area contributed by atoms with E-state index >= 15 is 0 Å². The fraction of sp³-hybridized carbons (Fsp3) is 0.344. The Morgan fingerprint density at radius 1 is 0.975 bits per heavy atom. The number of benzene rings is 3. The number of ether oxygens (including phenoxy) is 1. The molecule has 0 radical (unpaired) electrons. The second kappa shape index (κ2) is 13.9. The molecule has 1 fully saturated rings. The monoisotopic (exact) mass is 563 g/mol. The summed E-state index contributed by atoms with van der Waals surface area (Å²) in [6.45, 7) is 2.23. The highest BCUT2D eigenvalue weighted by molar-refractivity contribution is 7.89. The summed E-state index contributed by atoms with van der Waals surface area (Å²) in [7, 11) is -3.85. The third-order valence-corrected chi connectivity index (χ3v) is 8.79. The van der Waals surface area contributed by atoms with Gasteiger partial charge < -0.3 is 14.9 Å². The molecule has 8 heteroatoms. The first-order chi connectivity index (χ1) is 19.2. The van der Waals surface area contributed by atoms with Gasteiger partial charge in [0.15, 0.2) is 0 Å². The molecule has 0 spiro atoms. The average molecular weight is 564 g/mol. The molecule has 0 aromatic heterocycles. The summed E-state index contributed by atoms with van der Waals surface area (Å²) in [5.41, 5.74) is 4.18. The molecular weight excluding hydrogens is 526 g/mol. The maximum Gasteiger partial charge on any atom is 0.303 e. The fourth-order valence-electron chi connectivity index (χ4n) is 5.07. The molecule has 0 heterocycles. The lowest BCUT2D eigenvalue weighted by molar-refractivity contribution is -0.137. The summed E-state index contributed by atoms with van der Waals surface area (Å²) in [4.78, 5) is 10.9. The SMILES string of the molecule is Cc1ccc(S(=O)(=O)N[C@@H]2[C@@H](CC=CCCCC(=O)O)[C@@H](OCc3ccc(-c4ccccc4)cc3)C[C@H]2O)cc1. The summed E-state index contributed by atoms with van der Waals surface area (Å²) < 4.78 is 35.4. The molecule has 0 bridgehead atoms. The molecule has 1 aliphatic rings. The zero-order chi connectivity index (χ0) is 28.5. The number of allylic oxidation sites excluding steroid dienone is 2. The van der Waals surface area contributed by atoms with E-state index in [1.807, 2.05) is 61.5 Å². The number of hydrogen-bond acceptors (Lipinski definition) is 5. The van der Waals surface area contributed by atoms with Crippen LogP contribution in [-0.2, 0) is 26.2 Å². The van der Waals surface area contributed by atoms with Crippen molar-refractivity contribution in [3.8, 4) is 11.1 Å². The first-order valence-corrected chi connectivity index (χ1v) is 15.1. The number of aryl methyl sites for hydroxylation is 1. The van der Waals surface area contributed by atoms with E-state index in [4.69, 9.17) is 9.84 Å². The van der Waals surface area contributed by atoms with E-state index in [1.54, 1.807) is 24.3 Å². The van der Waals surface area contributed by atoms with Gasteiger partial charge in [0.2, 0.25) is 10.0 Å². The van der Waals surface area contributed by atoms with Gasteiger partial charge in [0.05, 0.1) is 29.8 Å². The van der Waals surface area contributed by atoms with Crippen LogP contribution in [0.1, 0.15) is 43.2 Å². The topological polar surface area (TPSA) is 113 Å². The van der Waals surface area contributed by atoms with Crippen LogP contribution in [0.3, 0.4) is 0 Å². The molecule has 1 aliphatic carbocycles. The van der Waals surface area contributed by atoms with E-state index in [-0.39, 0.29) is 23.3 Å². The van der Waals surface area contributed by atoms with Gasteiger partial charge >= 0.3 is 5.97 Å². The third-order valence-electron chi connectivity index (χ3n) is 7.31. The fourth-order valence-corrected chi connectivity index (χ4v) is 6.39. The number of aliphatic hydroxyl groups excluding tert-OH is 1. The number of carbonyl (C=O) groups is 1. The van der Waals surface area contributed by atoms with Gasteiger partial charge in [0, 0.05) is 18.8 Å². The van der Waals surface area contributed by atoms with Gasteiger partial charge in [0.25, 0.3) is 0 Å². The van der Waals surface area contributed by atoms with Crippen LogP contribution in [0.4, 0.5) is 0 Å². The van der Waals surface area contributed by atoms with Crippen molar-refractivity contribution in [3.05, 3.63) is 102 Å². The smallest absolute Gasteiger partial charge is 0.303 e. The molecule has 0 amide bonds. The Labute approximate surface area is 236 Å². The third kappa shape index (κ3) is 8.11. The molecule has 4 rings (SSSR count). The Morgan fingerprint density at radius 2 is 1.65 bits per heavy atom. The average Bonchev–Trinajstić information content (AvgIpc) is 3.23. The van der Waals surface area contributed by atoms with Gasteiger partial charge in [-0.2, -0.15) is 0 Å². The van der Waals surface area contributed by atoms with E-state index in [0.29, 0.717) is 32.3 Å². The lowest BCUT2D eigenvalue weighted by Crippen LogP contribution is -2.44. The van der Waals surface area contributed by atoms with E-state index < -0.39 is 28.1 Å². The van der Waals surface area contributed by atoms with Crippen molar-refractivity contribution in [3.63, 3.8) is 0 Å². The van der Waals surface area contributed by atoms with Crippen LogP contribution < -0.4 is 4.72 Å². The number of unbranched alkanes of at least 4 members (excludes halogenated alkanes) is 1. The minimum atomic E-state index is -3.85. The quantitative estimate of drug-likeness (QED) is 0.188. The number of sulfonamides is 1. The second-order valence-corrected chi connectivity index (χ2v) is 12.0. The molecule has 0 unspecified atom stereocenters. The standard InChI is InChI=1S/C32H37NO6S/c1-23-13-19-27(20-14-23)40(37,38)33-32-28(11-7-2-3-8-12-31(35)36)30(21-29(32)34)39-22-24-15-17-26(18-16-24)25-9-5-4-6-10-25/h2,4-7,9-10,13-20,28-30,32-34H,3,8,11-12,21-22H2,1H3,(H,35,36)/t28-,29+,30-,32+/m0/s1. The summed E-state index contributed by atoms with van der Waals surface area (Å²) in [6.07, 6.45) is 4.61. The normalized spacial score (nSPS) is 21.1. The van der Waals surface area contributed by atoms with Crippen molar-refractivity contribution in [1.29, 1.82) is 0 Å². The van der Waals surface area contributed by atoms with Crippen LogP contribution in [0.2, 0.25) is 0 Å². The largest absolute Gasteiger partial charge is 0.481 e. The Kier molecular flexibility index (Phi) is 10.3. The van der Waals surface area contributed by atoms with Gasteiger partial charge in [-0.25, -0.2) is 13.1 Å². The Morgan fingerprint density at radius 3 is 2.33 bits per heavy atom. The molecule has 0 aliphatic heterocycles. The maximum atomic E-state index is 13.2. The van der Waals surface area contributed by atoms with Crippen molar-refractivity contribution in [2.75, 3.05) is 0 Å². The Balaban J connectivity index is 1.45. The molecule has 212 valence electrons. The van der Waals surface area contributed by atoms with Crippen molar-refractivity contribution < 1.29 is 28.2 Å². The number of hydrogen-bond donors (Lipinski definition) is 3. The molecule has 3 aromatic carbocycles. The zero-order valence-corrected chi connectivity index (χ0v) is 23.5. The highest BCUT2D eigenvalue weighted by Gasteiger charge is 2.44. The van der Waals surface area contributed by atoms with Crippen molar-refractivity contribution >= 4 is 16.0 Å². The van der Waals surface area contributed by atoms with Crippen molar-refractivity contribution in [2.24, 2.45) is 5.92 Å². The summed E-state index contributed by atoms with van der Waals surface area (Å²) in [5, 5.41) is 19.8. The van der Waals surface area contributed by atoms with Gasteiger partial charge in [-0.3, -0.25) is 4.79 Å². The second-order valence-electron chi connectivity index (χ2n) is 10.3. The van der Waals surface area contributed by atoms with Crippen LogP contribution in [-0.4, -0.2) is 42.8 Å². The highest BCUT2D eigenvalue weighted by Crippen LogP contribution is 2.34. The van der Waals surface area contributed by atoms with Gasteiger partial charge in [-0.15, -0.1) is 0 Å². The summed E-state index contributed by atoms with van der Waals surface area (Å²) >= 11 is 0. The highest BCUT2D eigenvalue weighted by atomic mass is 32.2. The number of rotatable bonds is 13. The predicted octanol–water partition coefficient (Wildman–Crippen LogP) is 5.48. The van der Waals surface area contributed by atoms with Crippen LogP contribution >= 0.6 is 0 Å². The Bertz CT molecular complexity index is 1370. The lowest BCUT2D eigenvalue weighted by atomic mass is 9.97. The van der Waals surface area contributed by atoms with Gasteiger partial charge in [-0.05, 0) is 55.0 Å². The van der Waals surface area contributed by atoms with Crippen molar-refractivity contribution in [1.82, 2.24) is 4.72 Å². The Hall–Kier alpha value is -3.30. The number of carboxylic acid groups (broad SMARTS) is 1. The maximum absolute atomic E-state index is 13.2. The molecular formula is C32H37NO6S. The van der Waals surface area contributed by atoms with E-state index in [1.165, 1.54) is 0 Å².